The Hall–Kier alpha value is -2.82. The van der Waals surface area contributed by atoms with Crippen LogP contribution in [0.4, 0.5) is 0 Å². The monoisotopic (exact) mass is 394 g/mol. The molecule has 0 spiro atoms. The molecule has 0 saturated carbocycles. The smallest absolute Gasteiger partial charge is 0.251 e. The summed E-state index contributed by atoms with van der Waals surface area (Å²) in [5.74, 6) is 1.00. The van der Waals surface area contributed by atoms with E-state index in [1.165, 1.54) is 5.56 Å². The SMILES string of the molecule is CCCCOc1ccc(C(=O)NCC(=O)N2CCC(c3ccccc3)CC2)cc1. The Morgan fingerprint density at radius 1 is 1.03 bits per heavy atom. The van der Waals surface area contributed by atoms with Crippen molar-refractivity contribution in [1.29, 1.82) is 0 Å². The van der Waals surface area contributed by atoms with Crippen LogP contribution in [0.5, 0.6) is 5.75 Å². The molecule has 5 nitrogen and oxygen atoms in total. The molecule has 1 saturated heterocycles. The third kappa shape index (κ3) is 6.08. The summed E-state index contributed by atoms with van der Waals surface area (Å²) >= 11 is 0. The lowest BCUT2D eigenvalue weighted by atomic mass is 9.89. The molecule has 2 aromatic carbocycles. The summed E-state index contributed by atoms with van der Waals surface area (Å²) in [6.07, 6.45) is 4.01. The molecule has 2 aromatic rings. The first-order valence-electron chi connectivity index (χ1n) is 10.5. The average Bonchev–Trinajstić information content (AvgIpc) is 2.78. The Kier molecular flexibility index (Phi) is 7.68. The number of nitrogens with zero attached hydrogens (tertiary/aromatic N) is 1. The molecule has 1 N–H and O–H groups in total. The topological polar surface area (TPSA) is 58.6 Å². The number of hydrogen-bond donors (Lipinski definition) is 1. The lowest BCUT2D eigenvalue weighted by molar-refractivity contribution is -0.131. The van der Waals surface area contributed by atoms with Crippen LogP contribution in [0.3, 0.4) is 0 Å². The lowest BCUT2D eigenvalue weighted by Gasteiger charge is -2.32. The Bertz CT molecular complexity index is 782. The highest BCUT2D eigenvalue weighted by molar-refractivity contribution is 5.96. The molecule has 29 heavy (non-hydrogen) atoms. The molecule has 1 aliphatic heterocycles. The lowest BCUT2D eigenvalue weighted by Crippen LogP contribution is -2.43. The summed E-state index contributed by atoms with van der Waals surface area (Å²) in [5.41, 5.74) is 1.87. The number of benzene rings is 2. The van der Waals surface area contributed by atoms with Gasteiger partial charge in [0.25, 0.3) is 5.91 Å². The first kappa shape index (κ1) is 20.9. The van der Waals surface area contributed by atoms with Gasteiger partial charge in [0.05, 0.1) is 13.2 Å². The van der Waals surface area contributed by atoms with Crippen LogP contribution in [0.15, 0.2) is 54.6 Å². The summed E-state index contributed by atoms with van der Waals surface area (Å²) in [6.45, 7) is 4.29. The first-order valence-corrected chi connectivity index (χ1v) is 10.5. The van der Waals surface area contributed by atoms with Crippen molar-refractivity contribution in [1.82, 2.24) is 10.2 Å². The highest BCUT2D eigenvalue weighted by Crippen LogP contribution is 2.27. The first-order chi connectivity index (χ1) is 14.2. The van der Waals surface area contributed by atoms with Crippen molar-refractivity contribution in [2.75, 3.05) is 26.2 Å². The molecule has 154 valence electrons. The summed E-state index contributed by atoms with van der Waals surface area (Å²) in [6, 6.07) is 17.5. The van der Waals surface area contributed by atoms with Crippen molar-refractivity contribution < 1.29 is 14.3 Å². The van der Waals surface area contributed by atoms with E-state index in [0.29, 0.717) is 18.1 Å². The van der Waals surface area contributed by atoms with Gasteiger partial charge < -0.3 is 15.0 Å². The van der Waals surface area contributed by atoms with Crippen LogP contribution in [-0.4, -0.2) is 43.0 Å². The van der Waals surface area contributed by atoms with Gasteiger partial charge in [-0.3, -0.25) is 9.59 Å². The van der Waals surface area contributed by atoms with Crippen LogP contribution < -0.4 is 10.1 Å². The van der Waals surface area contributed by atoms with Crippen LogP contribution in [0.2, 0.25) is 0 Å². The van der Waals surface area contributed by atoms with E-state index in [1.807, 2.05) is 11.0 Å². The fourth-order valence-electron chi connectivity index (χ4n) is 3.59. The predicted molar refractivity (Wildman–Crippen MR) is 114 cm³/mol. The van der Waals surface area contributed by atoms with Crippen LogP contribution in [0, 0.1) is 0 Å². The third-order valence-electron chi connectivity index (χ3n) is 5.40. The quantitative estimate of drug-likeness (QED) is 0.689. The van der Waals surface area contributed by atoms with Crippen molar-refractivity contribution in [2.24, 2.45) is 0 Å². The van der Waals surface area contributed by atoms with Gasteiger partial charge >= 0.3 is 0 Å². The number of likely N-dealkylation sites (tertiary alicyclic amines) is 1. The van der Waals surface area contributed by atoms with E-state index in [0.717, 1.165) is 44.5 Å². The Morgan fingerprint density at radius 3 is 2.38 bits per heavy atom. The molecule has 0 aliphatic carbocycles. The molecule has 0 unspecified atom stereocenters. The molecule has 1 aliphatic rings. The number of hydrogen-bond acceptors (Lipinski definition) is 3. The molecule has 1 heterocycles. The Balaban J connectivity index is 1.41. The second-order valence-corrected chi connectivity index (χ2v) is 7.47. The van der Waals surface area contributed by atoms with E-state index < -0.39 is 0 Å². The van der Waals surface area contributed by atoms with E-state index in [-0.39, 0.29) is 18.4 Å². The third-order valence-corrected chi connectivity index (χ3v) is 5.40. The van der Waals surface area contributed by atoms with Gasteiger partial charge in [-0.25, -0.2) is 0 Å². The van der Waals surface area contributed by atoms with E-state index in [4.69, 9.17) is 4.74 Å². The van der Waals surface area contributed by atoms with E-state index in [2.05, 4.69) is 36.5 Å². The maximum Gasteiger partial charge on any atom is 0.251 e. The molecular formula is C24H30N2O3. The van der Waals surface area contributed by atoms with Gasteiger partial charge in [-0.15, -0.1) is 0 Å². The zero-order chi connectivity index (χ0) is 20.5. The summed E-state index contributed by atoms with van der Waals surface area (Å²) < 4.78 is 5.61. The molecule has 5 heteroatoms. The van der Waals surface area contributed by atoms with Gasteiger partial charge in [0.2, 0.25) is 5.91 Å². The standard InChI is InChI=1S/C24H30N2O3/c1-2-3-17-29-22-11-9-21(10-12-22)24(28)25-18-23(27)26-15-13-20(14-16-26)19-7-5-4-6-8-19/h4-12,20H,2-3,13-18H2,1H3,(H,25,28). The number of carbonyl (C=O) groups excluding carboxylic acids is 2. The second-order valence-electron chi connectivity index (χ2n) is 7.47. The molecule has 1 fully saturated rings. The van der Waals surface area contributed by atoms with Gasteiger partial charge in [-0.1, -0.05) is 43.7 Å². The highest BCUT2D eigenvalue weighted by Gasteiger charge is 2.23. The number of piperidine rings is 1. The minimum atomic E-state index is -0.238. The summed E-state index contributed by atoms with van der Waals surface area (Å²) in [7, 11) is 0. The van der Waals surface area contributed by atoms with Crippen molar-refractivity contribution in [3.05, 3.63) is 65.7 Å². The van der Waals surface area contributed by atoms with Crippen molar-refractivity contribution >= 4 is 11.8 Å². The van der Waals surface area contributed by atoms with Crippen LogP contribution in [0.25, 0.3) is 0 Å². The fraction of sp³-hybridized carbons (Fsp3) is 0.417. The van der Waals surface area contributed by atoms with Crippen LogP contribution >= 0.6 is 0 Å². The number of nitrogens with one attached hydrogen (secondary N) is 1. The molecular weight excluding hydrogens is 364 g/mol. The van der Waals surface area contributed by atoms with Gasteiger partial charge in [-0.05, 0) is 55.0 Å². The Labute approximate surface area is 173 Å². The van der Waals surface area contributed by atoms with Gasteiger partial charge in [-0.2, -0.15) is 0 Å². The normalized spacial score (nSPS) is 14.4. The molecule has 0 aromatic heterocycles. The van der Waals surface area contributed by atoms with Gasteiger partial charge in [0.1, 0.15) is 5.75 Å². The summed E-state index contributed by atoms with van der Waals surface area (Å²) in [4.78, 5) is 26.6. The highest BCUT2D eigenvalue weighted by atomic mass is 16.5. The molecule has 0 radical (unpaired) electrons. The maximum absolute atomic E-state index is 12.5. The zero-order valence-corrected chi connectivity index (χ0v) is 17.1. The fourth-order valence-corrected chi connectivity index (χ4v) is 3.59. The van der Waals surface area contributed by atoms with Gasteiger partial charge in [0.15, 0.2) is 0 Å². The predicted octanol–water partition coefficient (Wildman–Crippen LogP) is 4.00. The molecule has 2 amide bonds. The second kappa shape index (κ2) is 10.6. The van der Waals surface area contributed by atoms with Crippen molar-refractivity contribution in [3.8, 4) is 5.75 Å². The number of rotatable bonds is 8. The molecule has 0 atom stereocenters. The largest absolute Gasteiger partial charge is 0.494 e. The van der Waals surface area contributed by atoms with E-state index >= 15 is 0 Å². The molecule has 3 rings (SSSR count). The number of amides is 2. The van der Waals surface area contributed by atoms with Crippen LogP contribution in [-0.2, 0) is 4.79 Å². The van der Waals surface area contributed by atoms with E-state index in [1.54, 1.807) is 24.3 Å². The Morgan fingerprint density at radius 2 is 1.72 bits per heavy atom. The average molecular weight is 395 g/mol. The van der Waals surface area contributed by atoms with E-state index in [9.17, 15) is 9.59 Å². The van der Waals surface area contributed by atoms with Crippen LogP contribution in [0.1, 0.15) is 54.4 Å². The number of carbonyl (C=O) groups is 2. The minimum Gasteiger partial charge on any atom is -0.494 e. The minimum absolute atomic E-state index is 0.0237. The molecule has 0 bridgehead atoms. The van der Waals surface area contributed by atoms with Gasteiger partial charge in [0, 0.05) is 18.7 Å². The number of ether oxygens (including phenoxy) is 1. The maximum atomic E-state index is 12.5. The zero-order valence-electron chi connectivity index (χ0n) is 17.1. The van der Waals surface area contributed by atoms with Crippen molar-refractivity contribution in [3.63, 3.8) is 0 Å². The number of unbranched alkanes of at least 4 members (excludes halogenated alkanes) is 1. The van der Waals surface area contributed by atoms with Crippen molar-refractivity contribution in [2.45, 2.75) is 38.5 Å². The summed E-state index contributed by atoms with van der Waals surface area (Å²) in [5, 5.41) is 2.74.